The van der Waals surface area contributed by atoms with Crippen LogP contribution < -0.4 is 5.43 Å². The fraction of sp³-hybridized carbons (Fsp3) is 0.154. The lowest BCUT2D eigenvalue weighted by Crippen LogP contribution is -2.21. The second-order valence-corrected chi connectivity index (χ2v) is 7.33. The molecule has 29 heavy (non-hydrogen) atoms. The molecule has 1 aliphatic carbocycles. The van der Waals surface area contributed by atoms with E-state index < -0.39 is 0 Å². The highest BCUT2D eigenvalue weighted by molar-refractivity contribution is 5.84. The minimum Gasteiger partial charge on any atom is -0.273 e. The molecule has 1 fully saturated rings. The summed E-state index contributed by atoms with van der Waals surface area (Å²) >= 11 is 0. The van der Waals surface area contributed by atoms with Gasteiger partial charge >= 0.3 is 0 Å². The Hall–Kier alpha value is -3.46. The van der Waals surface area contributed by atoms with Gasteiger partial charge in [-0.1, -0.05) is 97.1 Å². The first-order chi connectivity index (χ1) is 14.3. The quantitative estimate of drug-likeness (QED) is 0.440. The second-order valence-electron chi connectivity index (χ2n) is 7.33. The molecule has 0 saturated heterocycles. The second kappa shape index (κ2) is 9.16. The van der Waals surface area contributed by atoms with Gasteiger partial charge in [-0.2, -0.15) is 5.10 Å². The first kappa shape index (κ1) is 18.9. The van der Waals surface area contributed by atoms with E-state index in [1.54, 1.807) is 6.21 Å². The third-order valence-corrected chi connectivity index (χ3v) is 5.35. The van der Waals surface area contributed by atoms with E-state index >= 15 is 0 Å². The molecule has 3 heteroatoms. The molecule has 0 bridgehead atoms. The van der Waals surface area contributed by atoms with Gasteiger partial charge in [0.05, 0.1) is 0 Å². The van der Waals surface area contributed by atoms with Crippen LogP contribution in [0.1, 0.15) is 29.0 Å². The van der Waals surface area contributed by atoms with Gasteiger partial charge in [0.15, 0.2) is 0 Å². The van der Waals surface area contributed by atoms with E-state index in [4.69, 9.17) is 0 Å². The third kappa shape index (κ3) is 4.88. The van der Waals surface area contributed by atoms with Crippen LogP contribution in [0.4, 0.5) is 0 Å². The van der Waals surface area contributed by atoms with Crippen LogP contribution in [0.2, 0.25) is 0 Å². The van der Waals surface area contributed by atoms with E-state index in [0.717, 1.165) is 12.0 Å². The number of hydrogen-bond donors (Lipinski definition) is 1. The summed E-state index contributed by atoms with van der Waals surface area (Å²) in [5, 5.41) is 4.08. The highest BCUT2D eigenvalue weighted by Crippen LogP contribution is 2.51. The van der Waals surface area contributed by atoms with Gasteiger partial charge in [-0.25, -0.2) is 5.43 Å². The standard InChI is InChI=1S/C26H24N2O/c29-26(28-27-18-10-13-20-11-4-1-5-12-20)24-19-23(24)25(21-14-6-2-7-15-21)22-16-8-3-9-17-22/h1-18,23-25H,19H2,(H,28,29)/b13-10-,27-18?/t23-,24-/m1/s1. The fourth-order valence-corrected chi connectivity index (χ4v) is 3.84. The fourth-order valence-electron chi connectivity index (χ4n) is 3.84. The molecule has 0 heterocycles. The Labute approximate surface area is 171 Å². The molecule has 3 aromatic carbocycles. The topological polar surface area (TPSA) is 41.5 Å². The van der Waals surface area contributed by atoms with E-state index in [2.05, 4.69) is 59.1 Å². The van der Waals surface area contributed by atoms with Gasteiger partial charge in [-0.3, -0.25) is 4.79 Å². The molecule has 0 radical (unpaired) electrons. The smallest absolute Gasteiger partial charge is 0.243 e. The Balaban J connectivity index is 1.38. The molecule has 1 amide bonds. The number of carbonyl (C=O) groups excluding carboxylic acids is 1. The van der Waals surface area contributed by atoms with Crippen LogP contribution in [-0.2, 0) is 4.79 Å². The number of rotatable bonds is 7. The first-order valence-electron chi connectivity index (χ1n) is 9.97. The number of hydrazone groups is 1. The number of amides is 1. The van der Waals surface area contributed by atoms with Crippen molar-refractivity contribution < 1.29 is 4.79 Å². The maximum Gasteiger partial charge on any atom is 0.243 e. The van der Waals surface area contributed by atoms with Crippen LogP contribution in [0.15, 0.2) is 102 Å². The minimum absolute atomic E-state index is 0.00350. The molecule has 0 spiro atoms. The average molecular weight is 380 g/mol. The molecular weight excluding hydrogens is 356 g/mol. The van der Waals surface area contributed by atoms with Gasteiger partial charge in [0.25, 0.3) is 0 Å². The number of hydrogen-bond acceptors (Lipinski definition) is 2. The molecule has 2 atom stereocenters. The van der Waals surface area contributed by atoms with Crippen molar-refractivity contribution in [1.82, 2.24) is 5.43 Å². The summed E-state index contributed by atoms with van der Waals surface area (Å²) in [4.78, 5) is 12.6. The molecule has 4 rings (SSSR count). The van der Waals surface area contributed by atoms with Crippen molar-refractivity contribution in [2.75, 3.05) is 0 Å². The SMILES string of the molecule is O=C(NN=C/C=C\c1ccccc1)[C@@H]1C[C@H]1C(c1ccccc1)c1ccccc1. The van der Waals surface area contributed by atoms with Gasteiger partial charge in [0, 0.05) is 18.1 Å². The molecule has 3 aromatic rings. The Bertz CT molecular complexity index is 941. The molecule has 144 valence electrons. The average Bonchev–Trinajstić information content (AvgIpc) is 3.56. The summed E-state index contributed by atoms with van der Waals surface area (Å²) in [6, 6.07) is 30.9. The van der Waals surface area contributed by atoms with E-state index in [-0.39, 0.29) is 17.7 Å². The van der Waals surface area contributed by atoms with Gasteiger partial charge in [-0.05, 0) is 35.1 Å². The Morgan fingerprint density at radius 2 is 1.41 bits per heavy atom. The molecule has 1 N–H and O–H groups in total. The monoisotopic (exact) mass is 380 g/mol. The third-order valence-electron chi connectivity index (χ3n) is 5.35. The van der Waals surface area contributed by atoms with Crippen LogP contribution in [0.25, 0.3) is 6.08 Å². The normalized spacial score (nSPS) is 18.4. The van der Waals surface area contributed by atoms with Crippen LogP contribution in [0.3, 0.4) is 0 Å². The molecule has 3 nitrogen and oxygen atoms in total. The van der Waals surface area contributed by atoms with Crippen LogP contribution >= 0.6 is 0 Å². The summed E-state index contributed by atoms with van der Waals surface area (Å²) in [7, 11) is 0. The summed E-state index contributed by atoms with van der Waals surface area (Å²) in [6.07, 6.45) is 6.29. The zero-order valence-corrected chi connectivity index (χ0v) is 16.2. The van der Waals surface area contributed by atoms with Gasteiger partial charge < -0.3 is 0 Å². The van der Waals surface area contributed by atoms with E-state index in [1.807, 2.05) is 54.6 Å². The number of nitrogens with one attached hydrogen (secondary N) is 1. The molecule has 0 aromatic heterocycles. The lowest BCUT2D eigenvalue weighted by molar-refractivity contribution is -0.122. The Kier molecular flexibility index (Phi) is 5.96. The molecule has 1 aliphatic rings. The van der Waals surface area contributed by atoms with Crippen molar-refractivity contribution in [3.63, 3.8) is 0 Å². The van der Waals surface area contributed by atoms with Crippen molar-refractivity contribution >= 4 is 18.2 Å². The van der Waals surface area contributed by atoms with Crippen molar-refractivity contribution in [3.05, 3.63) is 114 Å². The van der Waals surface area contributed by atoms with Crippen molar-refractivity contribution in [2.24, 2.45) is 16.9 Å². The largest absolute Gasteiger partial charge is 0.273 e. The predicted molar refractivity (Wildman–Crippen MR) is 118 cm³/mol. The van der Waals surface area contributed by atoms with Crippen LogP contribution in [0.5, 0.6) is 0 Å². The minimum atomic E-state index is -0.00401. The zero-order valence-electron chi connectivity index (χ0n) is 16.2. The first-order valence-corrected chi connectivity index (χ1v) is 9.97. The number of carbonyl (C=O) groups is 1. The van der Waals surface area contributed by atoms with Crippen molar-refractivity contribution in [2.45, 2.75) is 12.3 Å². The Morgan fingerprint density at radius 3 is 2.00 bits per heavy atom. The maximum absolute atomic E-state index is 12.6. The summed E-state index contributed by atoms with van der Waals surface area (Å²) < 4.78 is 0. The number of benzene rings is 3. The molecular formula is C26H24N2O. The highest BCUT2D eigenvalue weighted by Gasteiger charge is 2.48. The molecule has 0 unspecified atom stereocenters. The van der Waals surface area contributed by atoms with E-state index in [1.165, 1.54) is 11.1 Å². The summed E-state index contributed by atoms with van der Waals surface area (Å²) in [5.74, 6) is 0.525. The van der Waals surface area contributed by atoms with Gasteiger partial charge in [0.2, 0.25) is 5.91 Å². The summed E-state index contributed by atoms with van der Waals surface area (Å²) in [6.45, 7) is 0. The van der Waals surface area contributed by atoms with Gasteiger partial charge in [0.1, 0.15) is 0 Å². The van der Waals surface area contributed by atoms with E-state index in [0.29, 0.717) is 5.92 Å². The van der Waals surface area contributed by atoms with Crippen LogP contribution in [0, 0.1) is 11.8 Å². The Morgan fingerprint density at radius 1 is 0.862 bits per heavy atom. The summed E-state index contributed by atoms with van der Waals surface area (Å²) in [5.41, 5.74) is 6.31. The number of allylic oxidation sites excluding steroid dienone is 1. The highest BCUT2D eigenvalue weighted by atomic mass is 16.2. The zero-order chi connectivity index (χ0) is 19.9. The lowest BCUT2D eigenvalue weighted by atomic mass is 9.86. The van der Waals surface area contributed by atoms with Crippen molar-refractivity contribution in [1.29, 1.82) is 0 Å². The lowest BCUT2D eigenvalue weighted by Gasteiger charge is -2.18. The van der Waals surface area contributed by atoms with Crippen molar-refractivity contribution in [3.8, 4) is 0 Å². The number of nitrogens with zero attached hydrogens (tertiary/aromatic N) is 1. The molecule has 0 aliphatic heterocycles. The van der Waals surface area contributed by atoms with Crippen LogP contribution in [-0.4, -0.2) is 12.1 Å². The van der Waals surface area contributed by atoms with Gasteiger partial charge in [-0.15, -0.1) is 0 Å². The van der Waals surface area contributed by atoms with E-state index in [9.17, 15) is 4.79 Å². The predicted octanol–water partition coefficient (Wildman–Crippen LogP) is 5.27. The molecule has 1 saturated carbocycles. The maximum atomic E-state index is 12.6.